The number of oxime groups is 1. The van der Waals surface area contributed by atoms with E-state index >= 15 is 0 Å². The first kappa shape index (κ1) is 17.3. The topological polar surface area (TPSA) is 51.1 Å². The molecular formula is C22H22N2O3. The van der Waals surface area contributed by atoms with Crippen molar-refractivity contribution in [2.45, 2.75) is 18.8 Å². The number of likely N-dealkylation sites (tertiary alicyclic amines) is 1. The molecular weight excluding hydrogens is 340 g/mol. The molecule has 0 radical (unpaired) electrons. The molecule has 0 unspecified atom stereocenters. The quantitative estimate of drug-likeness (QED) is 0.614. The lowest BCUT2D eigenvalue weighted by atomic mass is 9.89. The predicted molar refractivity (Wildman–Crippen MR) is 104 cm³/mol. The highest BCUT2D eigenvalue weighted by Gasteiger charge is 2.30. The number of hydrogen-bond acceptors (Lipinski definition) is 5. The fourth-order valence-electron chi connectivity index (χ4n) is 3.70. The van der Waals surface area contributed by atoms with Crippen LogP contribution in [0.25, 0.3) is 0 Å². The number of methoxy groups -OCH3 is 1. The van der Waals surface area contributed by atoms with E-state index in [1.165, 1.54) is 5.56 Å². The van der Waals surface area contributed by atoms with Crippen LogP contribution in [0.3, 0.4) is 0 Å². The zero-order valence-electron chi connectivity index (χ0n) is 15.3. The second-order valence-electron chi connectivity index (χ2n) is 6.78. The van der Waals surface area contributed by atoms with Gasteiger partial charge < -0.3 is 14.5 Å². The molecule has 2 aromatic rings. The summed E-state index contributed by atoms with van der Waals surface area (Å²) in [5.41, 5.74) is 3.16. The zero-order valence-corrected chi connectivity index (χ0v) is 15.3. The number of nitrogens with zero attached hydrogens (tertiary/aromatic N) is 2. The van der Waals surface area contributed by atoms with Crippen LogP contribution in [0.2, 0.25) is 0 Å². The number of rotatable bonds is 4. The standard InChI is InChI=1S/C22H22N2O3/c1-26-20-10-6-5-9-18(20)21-19(22(25)27-23-21)15-24-13-11-17(12-14-24)16-7-3-2-4-8-16/h2-10,15,17H,11-14H2,1H3. The number of piperidine rings is 1. The molecule has 2 aliphatic rings. The molecule has 1 saturated heterocycles. The summed E-state index contributed by atoms with van der Waals surface area (Å²) in [4.78, 5) is 19.4. The summed E-state index contributed by atoms with van der Waals surface area (Å²) in [5, 5.41) is 4.00. The van der Waals surface area contributed by atoms with Gasteiger partial charge in [-0.2, -0.15) is 0 Å². The average molecular weight is 362 g/mol. The van der Waals surface area contributed by atoms with Crippen LogP contribution in [-0.4, -0.2) is 36.8 Å². The molecule has 0 N–H and O–H groups in total. The van der Waals surface area contributed by atoms with E-state index < -0.39 is 5.97 Å². The van der Waals surface area contributed by atoms with Gasteiger partial charge in [0.15, 0.2) is 0 Å². The number of para-hydroxylation sites is 1. The highest BCUT2D eigenvalue weighted by molar-refractivity contribution is 6.29. The highest BCUT2D eigenvalue weighted by Crippen LogP contribution is 2.30. The van der Waals surface area contributed by atoms with Gasteiger partial charge in [0.05, 0.1) is 7.11 Å². The van der Waals surface area contributed by atoms with Gasteiger partial charge in [0.25, 0.3) is 0 Å². The van der Waals surface area contributed by atoms with E-state index in [0.29, 0.717) is 23.0 Å². The monoisotopic (exact) mass is 362 g/mol. The van der Waals surface area contributed by atoms with Crippen molar-refractivity contribution in [3.8, 4) is 5.75 Å². The molecule has 0 saturated carbocycles. The second kappa shape index (κ2) is 7.66. The van der Waals surface area contributed by atoms with E-state index in [-0.39, 0.29) is 0 Å². The third-order valence-corrected chi connectivity index (χ3v) is 5.17. The minimum atomic E-state index is -0.416. The Balaban J connectivity index is 1.51. The molecule has 0 aliphatic carbocycles. The molecule has 2 aliphatic heterocycles. The largest absolute Gasteiger partial charge is 0.496 e. The Morgan fingerprint density at radius 3 is 2.52 bits per heavy atom. The van der Waals surface area contributed by atoms with Crippen molar-refractivity contribution in [2.75, 3.05) is 20.2 Å². The van der Waals surface area contributed by atoms with E-state index in [1.54, 1.807) is 7.11 Å². The van der Waals surface area contributed by atoms with Crippen LogP contribution in [0.15, 0.2) is 71.5 Å². The van der Waals surface area contributed by atoms with E-state index in [9.17, 15) is 4.79 Å². The predicted octanol–water partition coefficient (Wildman–Crippen LogP) is 3.72. The number of hydrogen-bond donors (Lipinski definition) is 0. The van der Waals surface area contributed by atoms with Gasteiger partial charge >= 0.3 is 5.97 Å². The molecule has 0 bridgehead atoms. The summed E-state index contributed by atoms with van der Waals surface area (Å²) < 4.78 is 5.41. The van der Waals surface area contributed by atoms with Gasteiger partial charge in [-0.3, -0.25) is 0 Å². The Morgan fingerprint density at radius 1 is 1.07 bits per heavy atom. The van der Waals surface area contributed by atoms with Gasteiger partial charge in [-0.1, -0.05) is 47.6 Å². The third kappa shape index (κ3) is 3.58. The molecule has 2 aromatic carbocycles. The average Bonchev–Trinajstić information content (AvgIpc) is 3.09. The first-order valence-corrected chi connectivity index (χ1v) is 9.20. The number of benzene rings is 2. The first-order chi connectivity index (χ1) is 13.3. The van der Waals surface area contributed by atoms with E-state index in [4.69, 9.17) is 9.57 Å². The van der Waals surface area contributed by atoms with Crippen LogP contribution in [0.4, 0.5) is 0 Å². The Morgan fingerprint density at radius 2 is 1.78 bits per heavy atom. The lowest BCUT2D eigenvalue weighted by molar-refractivity contribution is -0.136. The Hall–Kier alpha value is -3.08. The third-order valence-electron chi connectivity index (χ3n) is 5.17. The van der Waals surface area contributed by atoms with Crippen LogP contribution < -0.4 is 4.74 Å². The van der Waals surface area contributed by atoms with Crippen LogP contribution in [-0.2, 0) is 9.63 Å². The maximum Gasteiger partial charge on any atom is 0.369 e. The Bertz CT molecular complexity index is 881. The molecule has 0 aromatic heterocycles. The minimum absolute atomic E-state index is 0.416. The van der Waals surface area contributed by atoms with E-state index in [2.05, 4.69) is 34.3 Å². The van der Waals surface area contributed by atoms with Gasteiger partial charge in [-0.25, -0.2) is 4.79 Å². The summed E-state index contributed by atoms with van der Waals surface area (Å²) in [5.74, 6) is 0.822. The van der Waals surface area contributed by atoms with Crippen molar-refractivity contribution in [1.82, 2.24) is 4.90 Å². The van der Waals surface area contributed by atoms with Gasteiger partial charge in [0.2, 0.25) is 0 Å². The van der Waals surface area contributed by atoms with Crippen molar-refractivity contribution in [2.24, 2.45) is 5.16 Å². The zero-order chi connectivity index (χ0) is 18.6. The lowest BCUT2D eigenvalue weighted by Crippen LogP contribution is -2.30. The molecule has 138 valence electrons. The minimum Gasteiger partial charge on any atom is -0.496 e. The molecule has 27 heavy (non-hydrogen) atoms. The summed E-state index contributed by atoms with van der Waals surface area (Å²) in [7, 11) is 1.61. The smallest absolute Gasteiger partial charge is 0.369 e. The molecule has 0 spiro atoms. The van der Waals surface area contributed by atoms with Crippen molar-refractivity contribution >= 4 is 11.7 Å². The molecule has 1 fully saturated rings. The SMILES string of the molecule is COc1ccccc1C1=NOC(=O)C1=CN1CCC(c2ccccc2)CC1. The normalized spacial score (nSPS) is 19.1. The maximum absolute atomic E-state index is 12.2. The van der Waals surface area contributed by atoms with Crippen LogP contribution in [0, 0.1) is 0 Å². The summed E-state index contributed by atoms with van der Waals surface area (Å²) in [6.07, 6.45) is 4.01. The maximum atomic E-state index is 12.2. The van der Waals surface area contributed by atoms with Crippen molar-refractivity contribution in [1.29, 1.82) is 0 Å². The summed E-state index contributed by atoms with van der Waals surface area (Å²) >= 11 is 0. The molecule has 5 nitrogen and oxygen atoms in total. The molecule has 2 heterocycles. The molecule has 4 rings (SSSR count). The fraction of sp³-hybridized carbons (Fsp3) is 0.273. The van der Waals surface area contributed by atoms with Gasteiger partial charge in [-0.15, -0.1) is 0 Å². The molecule has 0 amide bonds. The van der Waals surface area contributed by atoms with Crippen LogP contribution >= 0.6 is 0 Å². The summed E-state index contributed by atoms with van der Waals surface area (Å²) in [6.45, 7) is 1.80. The van der Waals surface area contributed by atoms with Gasteiger partial charge in [-0.05, 0) is 36.5 Å². The van der Waals surface area contributed by atoms with Gasteiger partial charge in [0.1, 0.15) is 17.0 Å². The number of carbonyl (C=O) groups is 1. The van der Waals surface area contributed by atoms with E-state index in [1.807, 2.05) is 36.5 Å². The van der Waals surface area contributed by atoms with Crippen molar-refractivity contribution < 1.29 is 14.4 Å². The van der Waals surface area contributed by atoms with Crippen LogP contribution in [0.1, 0.15) is 29.9 Å². The molecule has 5 heteroatoms. The fourth-order valence-corrected chi connectivity index (χ4v) is 3.70. The Labute approximate surface area is 158 Å². The number of carbonyl (C=O) groups excluding carboxylic acids is 1. The summed E-state index contributed by atoms with van der Waals surface area (Å²) in [6, 6.07) is 18.1. The number of ether oxygens (including phenoxy) is 1. The Kier molecular flexibility index (Phi) is 4.92. The van der Waals surface area contributed by atoms with E-state index in [0.717, 1.165) is 31.5 Å². The van der Waals surface area contributed by atoms with Crippen molar-refractivity contribution in [3.05, 3.63) is 77.5 Å². The first-order valence-electron chi connectivity index (χ1n) is 9.20. The van der Waals surface area contributed by atoms with Crippen molar-refractivity contribution in [3.63, 3.8) is 0 Å². The molecule has 0 atom stereocenters. The van der Waals surface area contributed by atoms with Crippen LogP contribution in [0.5, 0.6) is 5.75 Å². The lowest BCUT2D eigenvalue weighted by Gasteiger charge is -2.31. The second-order valence-corrected chi connectivity index (χ2v) is 6.78. The van der Waals surface area contributed by atoms with Gasteiger partial charge in [0, 0.05) is 24.9 Å². The highest BCUT2D eigenvalue weighted by atomic mass is 16.7.